The molecule has 11 heteroatoms. The van der Waals surface area contributed by atoms with E-state index >= 15 is 0 Å². The van der Waals surface area contributed by atoms with Crippen molar-refractivity contribution in [3.8, 4) is 5.75 Å². The van der Waals surface area contributed by atoms with Crippen LogP contribution in [-0.4, -0.2) is 71.1 Å². The Morgan fingerprint density at radius 2 is 1.92 bits per heavy atom. The summed E-state index contributed by atoms with van der Waals surface area (Å²) in [6.45, 7) is 5.62. The third-order valence-electron chi connectivity index (χ3n) is 6.40. The predicted molar refractivity (Wildman–Crippen MR) is 135 cm³/mol. The van der Waals surface area contributed by atoms with Gasteiger partial charge >= 0.3 is 0 Å². The first-order valence-corrected chi connectivity index (χ1v) is 12.5. The summed E-state index contributed by atoms with van der Waals surface area (Å²) in [5.41, 5.74) is 1.77. The fraction of sp³-hybridized carbons (Fsp3) is 0.400. The predicted octanol–water partition coefficient (Wildman–Crippen LogP) is 3.60. The van der Waals surface area contributed by atoms with Gasteiger partial charge in [0.2, 0.25) is 11.7 Å². The number of hydrogen-bond donors (Lipinski definition) is 0. The van der Waals surface area contributed by atoms with Crippen molar-refractivity contribution in [2.45, 2.75) is 25.4 Å². The Morgan fingerprint density at radius 3 is 2.58 bits per heavy atom. The van der Waals surface area contributed by atoms with Crippen LogP contribution in [0.5, 0.6) is 5.75 Å². The Hall–Kier alpha value is -2.85. The highest BCUT2D eigenvalue weighted by molar-refractivity contribution is 6.35. The summed E-state index contributed by atoms with van der Waals surface area (Å²) < 4.78 is 20.3. The molecule has 1 amide bonds. The lowest BCUT2D eigenvalue weighted by molar-refractivity contribution is -0.190. The molecule has 36 heavy (non-hydrogen) atoms. The first-order chi connectivity index (χ1) is 17.4. The number of amides is 1. The Balaban J connectivity index is 1.22. The van der Waals surface area contributed by atoms with Crippen molar-refractivity contribution in [1.82, 2.24) is 19.7 Å². The minimum Gasteiger partial charge on any atom is -0.491 e. The Morgan fingerprint density at radius 1 is 1.14 bits per heavy atom. The van der Waals surface area contributed by atoms with Crippen LogP contribution >= 0.6 is 23.2 Å². The van der Waals surface area contributed by atoms with Crippen LogP contribution in [0.3, 0.4) is 0 Å². The number of carbonyl (C=O) groups excluding carboxylic acids is 1. The van der Waals surface area contributed by atoms with E-state index < -0.39 is 5.79 Å². The molecule has 0 bridgehead atoms. The zero-order chi connectivity index (χ0) is 25.1. The van der Waals surface area contributed by atoms with Crippen LogP contribution in [0, 0.1) is 0 Å². The molecule has 2 aliphatic heterocycles. The van der Waals surface area contributed by atoms with Crippen molar-refractivity contribution in [3.05, 3.63) is 70.7 Å². The van der Waals surface area contributed by atoms with Gasteiger partial charge in [-0.1, -0.05) is 29.3 Å². The van der Waals surface area contributed by atoms with E-state index in [1.54, 1.807) is 36.1 Å². The van der Waals surface area contributed by atoms with Gasteiger partial charge in [-0.3, -0.25) is 4.79 Å². The molecule has 2 atom stereocenters. The quantitative estimate of drug-likeness (QED) is 0.460. The summed E-state index contributed by atoms with van der Waals surface area (Å²) >= 11 is 12.6. The highest BCUT2D eigenvalue weighted by Crippen LogP contribution is 2.40. The fourth-order valence-corrected chi connectivity index (χ4v) is 5.06. The number of rotatable bonds is 7. The molecule has 0 N–H and O–H groups in total. The molecule has 0 radical (unpaired) electrons. The number of carbonyl (C=O) groups is 1. The molecular formula is C25H27Cl2N5O4. The molecule has 0 unspecified atom stereocenters. The zero-order valence-corrected chi connectivity index (χ0v) is 21.4. The normalized spacial score (nSPS) is 22.1. The van der Waals surface area contributed by atoms with E-state index in [0.717, 1.165) is 37.6 Å². The second kappa shape index (κ2) is 10.6. The van der Waals surface area contributed by atoms with Crippen molar-refractivity contribution in [3.63, 3.8) is 0 Å². The molecule has 2 aromatic carbocycles. The lowest BCUT2D eigenvalue weighted by Crippen LogP contribution is -2.48. The highest BCUT2D eigenvalue weighted by atomic mass is 35.5. The summed E-state index contributed by atoms with van der Waals surface area (Å²) in [6.07, 6.45) is 2.74. The Bertz CT molecular complexity index is 1190. The van der Waals surface area contributed by atoms with Crippen LogP contribution in [0.4, 0.5) is 5.69 Å². The van der Waals surface area contributed by atoms with E-state index in [4.69, 9.17) is 37.4 Å². The number of anilines is 1. The minimum atomic E-state index is -1.14. The molecule has 190 valence electrons. The largest absolute Gasteiger partial charge is 0.491 e. The van der Waals surface area contributed by atoms with E-state index in [1.807, 2.05) is 29.2 Å². The highest BCUT2D eigenvalue weighted by Gasteiger charge is 2.45. The summed E-state index contributed by atoms with van der Waals surface area (Å²) in [6, 6.07) is 13.2. The van der Waals surface area contributed by atoms with Gasteiger partial charge in [0.15, 0.2) is 0 Å². The summed E-state index contributed by atoms with van der Waals surface area (Å²) in [5, 5.41) is 5.17. The van der Waals surface area contributed by atoms with Crippen LogP contribution in [0.2, 0.25) is 10.0 Å². The fourth-order valence-electron chi connectivity index (χ4n) is 4.50. The van der Waals surface area contributed by atoms with Gasteiger partial charge in [-0.05, 0) is 36.4 Å². The summed E-state index contributed by atoms with van der Waals surface area (Å²) in [7, 11) is 0. The maximum atomic E-state index is 11.6. The van der Waals surface area contributed by atoms with Crippen molar-refractivity contribution >= 4 is 34.8 Å². The molecule has 0 spiro atoms. The van der Waals surface area contributed by atoms with E-state index in [9.17, 15) is 4.79 Å². The molecule has 2 aliphatic rings. The lowest BCUT2D eigenvalue weighted by atomic mass is 10.1. The van der Waals surface area contributed by atoms with Crippen LogP contribution in [-0.2, 0) is 26.6 Å². The number of piperazine rings is 1. The van der Waals surface area contributed by atoms with Crippen molar-refractivity contribution in [2.24, 2.45) is 0 Å². The van der Waals surface area contributed by atoms with Crippen molar-refractivity contribution in [1.29, 1.82) is 0 Å². The summed E-state index contributed by atoms with van der Waals surface area (Å²) in [5.74, 6) is -0.280. The molecule has 2 fully saturated rings. The average molecular weight is 532 g/mol. The second-order valence-corrected chi connectivity index (χ2v) is 9.66. The molecule has 0 aliphatic carbocycles. The van der Waals surface area contributed by atoms with Gasteiger partial charge in [-0.25, -0.2) is 9.67 Å². The van der Waals surface area contributed by atoms with Crippen LogP contribution < -0.4 is 9.64 Å². The zero-order valence-electron chi connectivity index (χ0n) is 19.8. The summed E-state index contributed by atoms with van der Waals surface area (Å²) in [4.78, 5) is 19.7. The van der Waals surface area contributed by atoms with Gasteiger partial charge in [0.1, 0.15) is 37.7 Å². The number of ether oxygens (including phenoxy) is 3. The van der Waals surface area contributed by atoms with Crippen molar-refractivity contribution in [2.75, 3.05) is 44.3 Å². The topological polar surface area (TPSA) is 82.0 Å². The van der Waals surface area contributed by atoms with Gasteiger partial charge in [-0.2, -0.15) is 5.10 Å². The maximum absolute atomic E-state index is 11.6. The molecule has 1 aromatic heterocycles. The van der Waals surface area contributed by atoms with E-state index in [0.29, 0.717) is 28.8 Å². The van der Waals surface area contributed by atoms with E-state index in [2.05, 4.69) is 15.0 Å². The first kappa shape index (κ1) is 24.8. The molecule has 5 rings (SSSR count). The third-order valence-corrected chi connectivity index (χ3v) is 6.95. The van der Waals surface area contributed by atoms with Gasteiger partial charge in [0, 0.05) is 49.4 Å². The minimum absolute atomic E-state index is 0.125. The molecule has 3 heterocycles. The number of aromatic nitrogens is 3. The SMILES string of the molecule is CC(=O)N1CCN(c2ccc(OC[C@@H]3CO[C@@](Cn4cncn4)(c4ccc(Cl)cc4Cl)O3)cc2)CC1. The molecule has 0 saturated carbocycles. The second-order valence-electron chi connectivity index (χ2n) is 8.82. The van der Waals surface area contributed by atoms with Crippen LogP contribution in [0.15, 0.2) is 55.1 Å². The number of halogens is 2. The molecular weight excluding hydrogens is 505 g/mol. The van der Waals surface area contributed by atoms with E-state index in [-0.39, 0.29) is 18.6 Å². The standard InChI is InChI=1S/C25H27Cl2N5O4/c1-18(33)30-8-10-31(11-9-30)20-3-5-21(6-4-20)34-13-22-14-35-25(36-22,15-32-17-28-16-29-32)23-7-2-19(26)12-24(23)27/h2-7,12,16-17,22H,8-11,13-15H2,1H3/t22-,25-/m1/s1. The average Bonchev–Trinajstić information content (AvgIpc) is 3.54. The number of hydrogen-bond acceptors (Lipinski definition) is 7. The Kier molecular flexibility index (Phi) is 7.34. The van der Waals surface area contributed by atoms with E-state index in [1.165, 1.54) is 6.33 Å². The monoisotopic (exact) mass is 531 g/mol. The van der Waals surface area contributed by atoms with Crippen LogP contribution in [0.25, 0.3) is 0 Å². The molecule has 3 aromatic rings. The van der Waals surface area contributed by atoms with Crippen LogP contribution in [0.1, 0.15) is 12.5 Å². The number of benzene rings is 2. The van der Waals surface area contributed by atoms with Gasteiger partial charge in [0.05, 0.1) is 11.6 Å². The molecule has 9 nitrogen and oxygen atoms in total. The van der Waals surface area contributed by atoms with Crippen molar-refractivity contribution < 1.29 is 19.0 Å². The lowest BCUT2D eigenvalue weighted by Gasteiger charge is -2.35. The number of nitrogens with zero attached hydrogens (tertiary/aromatic N) is 5. The smallest absolute Gasteiger partial charge is 0.219 e. The van der Waals surface area contributed by atoms with Gasteiger partial charge < -0.3 is 24.0 Å². The first-order valence-electron chi connectivity index (χ1n) is 11.7. The van der Waals surface area contributed by atoms with Gasteiger partial charge in [-0.15, -0.1) is 0 Å². The maximum Gasteiger partial charge on any atom is 0.219 e. The Labute approximate surface area is 219 Å². The third kappa shape index (κ3) is 5.44. The van der Waals surface area contributed by atoms with Gasteiger partial charge in [0.25, 0.3) is 0 Å². The molecule has 2 saturated heterocycles.